The molecule has 0 aromatic carbocycles. The van der Waals surface area contributed by atoms with Crippen molar-refractivity contribution in [1.82, 2.24) is 15.5 Å². The summed E-state index contributed by atoms with van der Waals surface area (Å²) in [7, 11) is 0. The average molecular weight is 191 g/mol. The van der Waals surface area contributed by atoms with Gasteiger partial charge in [-0.3, -0.25) is 0 Å². The maximum Gasteiger partial charge on any atom is 0.314 e. The topological polar surface area (TPSA) is 51.0 Å². The Morgan fingerprint density at radius 2 is 2.23 bits per heavy atom. The van der Waals surface area contributed by atoms with Gasteiger partial charge >= 0.3 is 6.43 Å². The van der Waals surface area contributed by atoms with Crippen molar-refractivity contribution in [2.45, 2.75) is 26.3 Å². The van der Waals surface area contributed by atoms with E-state index in [9.17, 15) is 8.78 Å². The average Bonchev–Trinajstić information content (AvgIpc) is 2.53. The van der Waals surface area contributed by atoms with E-state index in [1.807, 2.05) is 6.92 Å². The molecule has 6 heteroatoms. The van der Waals surface area contributed by atoms with E-state index in [0.29, 0.717) is 6.54 Å². The summed E-state index contributed by atoms with van der Waals surface area (Å²) in [5, 5.41) is 9.60. The van der Waals surface area contributed by atoms with E-state index in [-0.39, 0.29) is 5.89 Å². The van der Waals surface area contributed by atoms with Crippen LogP contribution >= 0.6 is 0 Å². The van der Waals surface area contributed by atoms with Gasteiger partial charge < -0.3 is 9.73 Å². The second-order valence-electron chi connectivity index (χ2n) is 2.51. The van der Waals surface area contributed by atoms with Crippen molar-refractivity contribution in [2.75, 3.05) is 6.54 Å². The second-order valence-corrected chi connectivity index (χ2v) is 2.51. The van der Waals surface area contributed by atoms with Crippen LogP contribution in [0.4, 0.5) is 8.78 Å². The largest absolute Gasteiger partial charge is 0.418 e. The van der Waals surface area contributed by atoms with Crippen molar-refractivity contribution in [3.8, 4) is 0 Å². The molecule has 0 aliphatic heterocycles. The van der Waals surface area contributed by atoms with Crippen molar-refractivity contribution < 1.29 is 13.2 Å². The lowest BCUT2D eigenvalue weighted by Crippen LogP contribution is -2.13. The maximum absolute atomic E-state index is 12.0. The SMILES string of the molecule is CCCNCc1nnc(C(F)F)o1. The van der Waals surface area contributed by atoms with Gasteiger partial charge in [0.25, 0.3) is 5.89 Å². The van der Waals surface area contributed by atoms with Gasteiger partial charge in [-0.2, -0.15) is 8.78 Å². The number of aromatic nitrogens is 2. The second kappa shape index (κ2) is 4.86. The number of nitrogens with zero attached hydrogens (tertiary/aromatic N) is 2. The van der Waals surface area contributed by atoms with Crippen LogP contribution in [0.1, 0.15) is 31.6 Å². The highest BCUT2D eigenvalue weighted by molar-refractivity contribution is 4.82. The molecule has 0 saturated carbocycles. The minimum Gasteiger partial charge on any atom is -0.418 e. The zero-order valence-electron chi connectivity index (χ0n) is 7.26. The Bertz CT molecular complexity index is 252. The zero-order chi connectivity index (χ0) is 9.68. The number of rotatable bonds is 5. The lowest BCUT2D eigenvalue weighted by Gasteiger charge is -1.96. The number of hydrogen-bond acceptors (Lipinski definition) is 4. The summed E-state index contributed by atoms with van der Waals surface area (Å²) in [6.07, 6.45) is -1.72. The summed E-state index contributed by atoms with van der Waals surface area (Å²) in [5.41, 5.74) is 0. The summed E-state index contributed by atoms with van der Waals surface area (Å²) in [4.78, 5) is 0. The third kappa shape index (κ3) is 3.06. The smallest absolute Gasteiger partial charge is 0.314 e. The van der Waals surface area contributed by atoms with Gasteiger partial charge in [0, 0.05) is 0 Å². The van der Waals surface area contributed by atoms with E-state index in [0.717, 1.165) is 13.0 Å². The monoisotopic (exact) mass is 191 g/mol. The van der Waals surface area contributed by atoms with Gasteiger partial charge in [0.2, 0.25) is 5.89 Å². The van der Waals surface area contributed by atoms with Crippen molar-refractivity contribution in [2.24, 2.45) is 0 Å². The predicted octanol–water partition coefficient (Wildman–Crippen LogP) is 1.51. The van der Waals surface area contributed by atoms with Gasteiger partial charge in [-0.05, 0) is 13.0 Å². The Balaban J connectivity index is 2.40. The molecule has 0 unspecified atom stereocenters. The summed E-state index contributed by atoms with van der Waals surface area (Å²) in [6, 6.07) is 0. The Labute approximate surface area is 74.3 Å². The van der Waals surface area contributed by atoms with Crippen molar-refractivity contribution in [3.05, 3.63) is 11.8 Å². The Hall–Kier alpha value is -1.04. The van der Waals surface area contributed by atoms with Crippen LogP contribution in [0.15, 0.2) is 4.42 Å². The molecule has 1 N–H and O–H groups in total. The van der Waals surface area contributed by atoms with Gasteiger partial charge in [0.15, 0.2) is 0 Å². The fourth-order valence-corrected chi connectivity index (χ4v) is 0.798. The summed E-state index contributed by atoms with van der Waals surface area (Å²) in [6.45, 7) is 3.14. The predicted molar refractivity (Wildman–Crippen MR) is 41.3 cm³/mol. The highest BCUT2D eigenvalue weighted by Crippen LogP contribution is 2.16. The number of halogens is 2. The van der Waals surface area contributed by atoms with Crippen LogP contribution in [-0.2, 0) is 6.54 Å². The highest BCUT2D eigenvalue weighted by atomic mass is 19.3. The van der Waals surface area contributed by atoms with Crippen LogP contribution in [0.2, 0.25) is 0 Å². The van der Waals surface area contributed by atoms with E-state index in [1.54, 1.807) is 0 Å². The molecule has 1 heterocycles. The van der Waals surface area contributed by atoms with Crippen LogP contribution in [0.5, 0.6) is 0 Å². The van der Waals surface area contributed by atoms with E-state index in [2.05, 4.69) is 19.9 Å². The van der Waals surface area contributed by atoms with Gasteiger partial charge in [-0.1, -0.05) is 6.92 Å². The molecule has 1 aromatic heterocycles. The first-order valence-electron chi connectivity index (χ1n) is 4.05. The van der Waals surface area contributed by atoms with Gasteiger partial charge in [0.05, 0.1) is 6.54 Å². The zero-order valence-corrected chi connectivity index (χ0v) is 7.26. The Morgan fingerprint density at radius 1 is 1.46 bits per heavy atom. The van der Waals surface area contributed by atoms with Crippen molar-refractivity contribution in [1.29, 1.82) is 0 Å². The molecule has 0 fully saturated rings. The van der Waals surface area contributed by atoms with Crippen LogP contribution in [0, 0.1) is 0 Å². The first-order chi connectivity index (χ1) is 6.24. The minimum absolute atomic E-state index is 0.198. The summed E-state index contributed by atoms with van der Waals surface area (Å²) in [5.74, 6) is -0.419. The molecule has 4 nitrogen and oxygen atoms in total. The molecule has 1 rings (SSSR count). The number of alkyl halides is 2. The normalized spacial score (nSPS) is 11.1. The van der Waals surface area contributed by atoms with Crippen LogP contribution in [0.25, 0.3) is 0 Å². The first kappa shape index (κ1) is 10.0. The van der Waals surface area contributed by atoms with Gasteiger partial charge in [-0.25, -0.2) is 0 Å². The van der Waals surface area contributed by atoms with E-state index in [1.165, 1.54) is 0 Å². The van der Waals surface area contributed by atoms with Crippen LogP contribution < -0.4 is 5.32 Å². The molecule has 13 heavy (non-hydrogen) atoms. The number of hydrogen-bond donors (Lipinski definition) is 1. The quantitative estimate of drug-likeness (QED) is 0.716. The molecule has 0 radical (unpaired) electrons. The molecule has 0 bridgehead atoms. The minimum atomic E-state index is -2.69. The third-order valence-corrected chi connectivity index (χ3v) is 1.37. The molecular formula is C7H11F2N3O. The highest BCUT2D eigenvalue weighted by Gasteiger charge is 2.15. The van der Waals surface area contributed by atoms with E-state index in [4.69, 9.17) is 0 Å². The molecule has 0 aliphatic rings. The molecule has 1 aromatic rings. The van der Waals surface area contributed by atoms with E-state index < -0.39 is 12.3 Å². The van der Waals surface area contributed by atoms with Crippen molar-refractivity contribution >= 4 is 0 Å². The fourth-order valence-electron chi connectivity index (χ4n) is 0.798. The fraction of sp³-hybridized carbons (Fsp3) is 0.714. The Kier molecular flexibility index (Phi) is 3.75. The Morgan fingerprint density at radius 3 is 2.77 bits per heavy atom. The lowest BCUT2D eigenvalue weighted by molar-refractivity contribution is 0.113. The van der Waals surface area contributed by atoms with Crippen LogP contribution in [-0.4, -0.2) is 16.7 Å². The number of nitrogens with one attached hydrogen (secondary N) is 1. The summed E-state index contributed by atoms with van der Waals surface area (Å²) >= 11 is 0. The maximum atomic E-state index is 12.0. The van der Waals surface area contributed by atoms with Gasteiger partial charge in [-0.15, -0.1) is 10.2 Å². The molecule has 0 aliphatic carbocycles. The standard InChI is InChI=1S/C7H11F2N3O/c1-2-3-10-4-5-11-12-7(13-5)6(8)9/h6,10H,2-4H2,1H3. The van der Waals surface area contributed by atoms with Crippen molar-refractivity contribution in [3.63, 3.8) is 0 Å². The molecule has 74 valence electrons. The molecule has 0 saturated heterocycles. The lowest BCUT2D eigenvalue weighted by atomic mass is 10.5. The third-order valence-electron chi connectivity index (χ3n) is 1.37. The molecule has 0 atom stereocenters. The van der Waals surface area contributed by atoms with Crippen LogP contribution in [0.3, 0.4) is 0 Å². The molecule has 0 spiro atoms. The van der Waals surface area contributed by atoms with E-state index >= 15 is 0 Å². The first-order valence-corrected chi connectivity index (χ1v) is 4.05. The molecule has 0 amide bonds. The summed E-state index contributed by atoms with van der Waals surface area (Å²) < 4.78 is 28.6. The van der Waals surface area contributed by atoms with Gasteiger partial charge in [0.1, 0.15) is 0 Å². The molecular weight excluding hydrogens is 180 g/mol.